The van der Waals surface area contributed by atoms with Crippen LogP contribution in [0.2, 0.25) is 5.02 Å². The molecule has 31 heavy (non-hydrogen) atoms. The van der Waals surface area contributed by atoms with Gasteiger partial charge in [-0.15, -0.1) is 0 Å². The number of rotatable bonds is 9. The van der Waals surface area contributed by atoms with E-state index >= 15 is 0 Å². The number of carbonyl (C=O) groups is 1. The highest BCUT2D eigenvalue weighted by atomic mass is 35.5. The molecule has 0 saturated carbocycles. The summed E-state index contributed by atoms with van der Waals surface area (Å²) in [4.78, 5) is 15.0. The zero-order valence-electron chi connectivity index (χ0n) is 18.5. The van der Waals surface area contributed by atoms with Crippen LogP contribution in [0.5, 0.6) is 11.5 Å². The molecule has 7 heteroatoms. The minimum atomic E-state index is -0.469. The molecule has 1 amide bonds. The van der Waals surface area contributed by atoms with Gasteiger partial charge in [-0.1, -0.05) is 36.7 Å². The molecule has 3 atom stereocenters. The summed E-state index contributed by atoms with van der Waals surface area (Å²) >= 11 is 6.05. The lowest BCUT2D eigenvalue weighted by Gasteiger charge is -2.43. The normalized spacial score (nSPS) is 19.9. The van der Waals surface area contributed by atoms with Crippen LogP contribution in [0.3, 0.4) is 0 Å². The second kappa shape index (κ2) is 10.8. The van der Waals surface area contributed by atoms with Crippen molar-refractivity contribution in [3.05, 3.63) is 58.6 Å². The summed E-state index contributed by atoms with van der Waals surface area (Å²) in [6, 6.07) is 13.0. The fourth-order valence-corrected chi connectivity index (χ4v) is 3.93. The van der Waals surface area contributed by atoms with Crippen LogP contribution in [-0.2, 0) is 20.9 Å². The number of hydrogen-bond acceptors (Lipinski definition) is 5. The molecular weight excluding hydrogens is 418 g/mol. The predicted octanol–water partition coefficient (Wildman–Crippen LogP) is 4.64. The smallest absolute Gasteiger partial charge is 0.252 e. The fourth-order valence-electron chi connectivity index (χ4n) is 3.80. The third-order valence-electron chi connectivity index (χ3n) is 5.59. The van der Waals surface area contributed by atoms with Crippen LogP contribution in [0.1, 0.15) is 37.4 Å². The van der Waals surface area contributed by atoms with Gasteiger partial charge in [-0.25, -0.2) is 0 Å². The third kappa shape index (κ3) is 5.50. The van der Waals surface area contributed by atoms with Crippen molar-refractivity contribution in [3.63, 3.8) is 0 Å². The standard InChI is InChI=1S/C24H30ClNO5/c1-5-20(14-30-13-17-6-11-22(28-3)23(12-17)29-4)26-21(15-31-16(2)24(26)27)18-7-9-19(25)10-8-18/h6-12,16,20-21H,5,13-15H2,1-4H3/t16-,20?,21?/m0/s1. The van der Waals surface area contributed by atoms with Gasteiger partial charge in [-0.2, -0.15) is 0 Å². The second-order valence-corrected chi connectivity index (χ2v) is 7.99. The number of ether oxygens (including phenoxy) is 4. The topological polar surface area (TPSA) is 57.2 Å². The van der Waals surface area contributed by atoms with Gasteiger partial charge in [0.05, 0.1) is 46.1 Å². The minimum Gasteiger partial charge on any atom is -0.493 e. The molecule has 1 heterocycles. The number of halogens is 1. The average molecular weight is 448 g/mol. The largest absolute Gasteiger partial charge is 0.493 e. The minimum absolute atomic E-state index is 0.0206. The van der Waals surface area contributed by atoms with Crippen LogP contribution in [-0.4, -0.2) is 50.4 Å². The first-order valence-electron chi connectivity index (χ1n) is 10.5. The van der Waals surface area contributed by atoms with E-state index < -0.39 is 6.10 Å². The molecule has 6 nitrogen and oxygen atoms in total. The van der Waals surface area contributed by atoms with Crippen LogP contribution < -0.4 is 9.47 Å². The van der Waals surface area contributed by atoms with E-state index in [4.69, 9.17) is 30.5 Å². The zero-order valence-corrected chi connectivity index (χ0v) is 19.2. The van der Waals surface area contributed by atoms with Gasteiger partial charge in [-0.3, -0.25) is 4.79 Å². The van der Waals surface area contributed by atoms with Gasteiger partial charge >= 0.3 is 0 Å². The molecule has 0 spiro atoms. The Morgan fingerprint density at radius 1 is 1.13 bits per heavy atom. The number of nitrogens with zero attached hydrogens (tertiary/aromatic N) is 1. The van der Waals surface area contributed by atoms with E-state index in [9.17, 15) is 4.79 Å². The molecule has 0 aromatic heterocycles. The van der Waals surface area contributed by atoms with E-state index in [0.717, 1.165) is 17.5 Å². The Labute approximate surface area is 189 Å². The van der Waals surface area contributed by atoms with E-state index in [1.165, 1.54) is 0 Å². The number of benzene rings is 2. The van der Waals surface area contributed by atoms with Gasteiger partial charge in [0.2, 0.25) is 0 Å². The Kier molecular flexibility index (Phi) is 8.18. The van der Waals surface area contributed by atoms with Gasteiger partial charge in [0.15, 0.2) is 11.5 Å². The van der Waals surface area contributed by atoms with E-state index in [-0.39, 0.29) is 18.0 Å². The summed E-state index contributed by atoms with van der Waals surface area (Å²) in [7, 11) is 3.22. The maximum atomic E-state index is 13.1. The summed E-state index contributed by atoms with van der Waals surface area (Å²) < 4.78 is 22.4. The quantitative estimate of drug-likeness (QED) is 0.560. The van der Waals surface area contributed by atoms with E-state index in [0.29, 0.717) is 36.3 Å². The molecule has 2 aromatic carbocycles. The van der Waals surface area contributed by atoms with Crippen LogP contribution in [0, 0.1) is 0 Å². The Morgan fingerprint density at radius 3 is 2.48 bits per heavy atom. The number of methoxy groups -OCH3 is 2. The second-order valence-electron chi connectivity index (χ2n) is 7.55. The lowest BCUT2D eigenvalue weighted by Crippen LogP contribution is -2.54. The maximum Gasteiger partial charge on any atom is 0.252 e. The van der Waals surface area contributed by atoms with Crippen molar-refractivity contribution >= 4 is 17.5 Å². The van der Waals surface area contributed by atoms with Gasteiger partial charge < -0.3 is 23.8 Å². The first kappa shape index (κ1) is 23.4. The fraction of sp³-hybridized carbons (Fsp3) is 0.458. The van der Waals surface area contributed by atoms with Crippen molar-refractivity contribution in [1.29, 1.82) is 0 Å². The van der Waals surface area contributed by atoms with Crippen LogP contribution in [0.25, 0.3) is 0 Å². The predicted molar refractivity (Wildman–Crippen MR) is 120 cm³/mol. The molecule has 0 bridgehead atoms. The molecule has 0 radical (unpaired) electrons. The zero-order chi connectivity index (χ0) is 22.4. The molecule has 2 aromatic rings. The Bertz CT molecular complexity index is 873. The highest BCUT2D eigenvalue weighted by Gasteiger charge is 2.38. The third-order valence-corrected chi connectivity index (χ3v) is 5.84. The number of hydrogen-bond donors (Lipinski definition) is 0. The maximum absolute atomic E-state index is 13.1. The van der Waals surface area contributed by atoms with Crippen molar-refractivity contribution in [3.8, 4) is 11.5 Å². The molecule has 3 rings (SSSR count). The summed E-state index contributed by atoms with van der Waals surface area (Å²) in [5, 5.41) is 0.664. The first-order valence-corrected chi connectivity index (χ1v) is 10.8. The van der Waals surface area contributed by atoms with Crippen molar-refractivity contribution in [2.45, 2.75) is 45.1 Å². The molecule has 0 N–H and O–H groups in total. The summed E-state index contributed by atoms with van der Waals surface area (Å²) in [6.45, 7) is 5.14. The summed E-state index contributed by atoms with van der Waals surface area (Å²) in [6.07, 6.45) is 0.303. The van der Waals surface area contributed by atoms with Crippen molar-refractivity contribution < 1.29 is 23.7 Å². The summed E-state index contributed by atoms with van der Waals surface area (Å²) in [5.41, 5.74) is 1.98. The molecule has 1 aliphatic rings. The van der Waals surface area contributed by atoms with Crippen molar-refractivity contribution in [2.24, 2.45) is 0 Å². The first-order chi connectivity index (χ1) is 15.0. The van der Waals surface area contributed by atoms with E-state index in [1.807, 2.05) is 47.4 Å². The highest BCUT2D eigenvalue weighted by molar-refractivity contribution is 6.30. The molecular formula is C24H30ClNO5. The van der Waals surface area contributed by atoms with Gasteiger partial charge in [0.1, 0.15) is 6.10 Å². The molecule has 1 saturated heterocycles. The van der Waals surface area contributed by atoms with Gasteiger partial charge in [0.25, 0.3) is 5.91 Å². The summed E-state index contributed by atoms with van der Waals surface area (Å²) in [5.74, 6) is 1.32. The van der Waals surface area contributed by atoms with Gasteiger partial charge in [0, 0.05) is 5.02 Å². The number of morpholine rings is 1. The average Bonchev–Trinajstić information content (AvgIpc) is 2.79. The Balaban J connectivity index is 1.72. The number of carbonyl (C=O) groups excluding carboxylic acids is 1. The van der Waals surface area contributed by atoms with E-state index in [2.05, 4.69) is 6.92 Å². The van der Waals surface area contributed by atoms with E-state index in [1.54, 1.807) is 21.1 Å². The molecule has 168 valence electrons. The van der Waals surface area contributed by atoms with Crippen molar-refractivity contribution in [1.82, 2.24) is 4.90 Å². The lowest BCUT2D eigenvalue weighted by molar-refractivity contribution is -0.164. The Hall–Kier alpha value is -2.28. The molecule has 0 aliphatic carbocycles. The number of amides is 1. The molecule has 2 unspecified atom stereocenters. The van der Waals surface area contributed by atoms with Crippen LogP contribution in [0.15, 0.2) is 42.5 Å². The van der Waals surface area contributed by atoms with Gasteiger partial charge in [-0.05, 0) is 48.7 Å². The van der Waals surface area contributed by atoms with Crippen LogP contribution >= 0.6 is 11.6 Å². The van der Waals surface area contributed by atoms with Crippen LogP contribution in [0.4, 0.5) is 0 Å². The SMILES string of the molecule is CCC(COCc1ccc(OC)c(OC)c1)N1C(=O)[C@H](C)OCC1c1ccc(Cl)cc1. The molecule has 1 aliphatic heterocycles. The Morgan fingerprint density at radius 2 is 1.84 bits per heavy atom. The molecule has 1 fully saturated rings. The lowest BCUT2D eigenvalue weighted by atomic mass is 10.00. The van der Waals surface area contributed by atoms with Crippen molar-refractivity contribution in [2.75, 3.05) is 27.4 Å². The highest BCUT2D eigenvalue weighted by Crippen LogP contribution is 2.31. The monoisotopic (exact) mass is 447 g/mol.